The molecule has 3 rings (SSSR count). The SMILES string of the molecule is Cc1ccccc1N1C[C@H](C(=O)OCC(=O)NCc2ccccc2)CC1=O. The molecule has 1 aliphatic rings. The van der Waals surface area contributed by atoms with Crippen molar-refractivity contribution in [2.45, 2.75) is 19.9 Å². The van der Waals surface area contributed by atoms with Crippen LogP contribution >= 0.6 is 0 Å². The summed E-state index contributed by atoms with van der Waals surface area (Å²) in [7, 11) is 0. The highest BCUT2D eigenvalue weighted by molar-refractivity contribution is 6.00. The van der Waals surface area contributed by atoms with Gasteiger partial charge >= 0.3 is 5.97 Å². The molecular formula is C21H22N2O4. The molecule has 140 valence electrons. The molecule has 0 radical (unpaired) electrons. The van der Waals surface area contributed by atoms with Crippen LogP contribution in [0.3, 0.4) is 0 Å². The fraction of sp³-hybridized carbons (Fsp3) is 0.286. The van der Waals surface area contributed by atoms with Crippen LogP contribution < -0.4 is 10.2 Å². The van der Waals surface area contributed by atoms with Crippen molar-refractivity contribution in [1.29, 1.82) is 0 Å². The Morgan fingerprint density at radius 1 is 1.11 bits per heavy atom. The summed E-state index contributed by atoms with van der Waals surface area (Å²) in [6.07, 6.45) is 0.0960. The average molecular weight is 366 g/mol. The molecule has 2 aromatic carbocycles. The molecule has 1 saturated heterocycles. The zero-order chi connectivity index (χ0) is 19.2. The zero-order valence-corrected chi connectivity index (χ0v) is 15.2. The van der Waals surface area contributed by atoms with E-state index >= 15 is 0 Å². The number of anilines is 1. The van der Waals surface area contributed by atoms with Gasteiger partial charge in [-0.3, -0.25) is 14.4 Å². The lowest BCUT2D eigenvalue weighted by molar-refractivity contribution is -0.152. The first-order valence-corrected chi connectivity index (χ1v) is 8.88. The molecule has 27 heavy (non-hydrogen) atoms. The number of aryl methyl sites for hydroxylation is 1. The van der Waals surface area contributed by atoms with Crippen molar-refractivity contribution >= 4 is 23.5 Å². The predicted molar refractivity (Wildman–Crippen MR) is 101 cm³/mol. The van der Waals surface area contributed by atoms with Crippen LogP contribution in [-0.4, -0.2) is 30.9 Å². The molecular weight excluding hydrogens is 344 g/mol. The predicted octanol–water partition coefficient (Wildman–Crippen LogP) is 2.21. The number of nitrogens with zero attached hydrogens (tertiary/aromatic N) is 1. The van der Waals surface area contributed by atoms with E-state index in [-0.39, 0.29) is 31.4 Å². The Morgan fingerprint density at radius 2 is 1.81 bits per heavy atom. The Hall–Kier alpha value is -3.15. The quantitative estimate of drug-likeness (QED) is 0.796. The van der Waals surface area contributed by atoms with E-state index in [0.29, 0.717) is 6.54 Å². The topological polar surface area (TPSA) is 75.7 Å². The van der Waals surface area contributed by atoms with Crippen LogP contribution in [0.25, 0.3) is 0 Å². The maximum absolute atomic E-state index is 12.3. The summed E-state index contributed by atoms with van der Waals surface area (Å²) in [6, 6.07) is 17.0. The highest BCUT2D eigenvalue weighted by Gasteiger charge is 2.36. The van der Waals surface area contributed by atoms with Gasteiger partial charge in [-0.25, -0.2) is 0 Å². The molecule has 1 atom stereocenters. The van der Waals surface area contributed by atoms with Crippen molar-refractivity contribution in [2.24, 2.45) is 5.92 Å². The molecule has 0 saturated carbocycles. The van der Waals surface area contributed by atoms with Crippen LogP contribution in [-0.2, 0) is 25.7 Å². The number of esters is 1. The van der Waals surface area contributed by atoms with Gasteiger partial charge in [0.15, 0.2) is 6.61 Å². The second kappa shape index (κ2) is 8.49. The number of ether oxygens (including phenoxy) is 1. The molecule has 1 fully saturated rings. The molecule has 0 bridgehead atoms. The number of carbonyl (C=O) groups is 3. The largest absolute Gasteiger partial charge is 0.455 e. The van der Waals surface area contributed by atoms with Gasteiger partial charge in [-0.1, -0.05) is 48.5 Å². The Morgan fingerprint density at radius 3 is 2.56 bits per heavy atom. The molecule has 0 spiro atoms. The second-order valence-corrected chi connectivity index (χ2v) is 6.56. The van der Waals surface area contributed by atoms with Gasteiger partial charge in [-0.2, -0.15) is 0 Å². The Bertz CT molecular complexity index is 835. The lowest BCUT2D eigenvalue weighted by Crippen LogP contribution is -2.31. The van der Waals surface area contributed by atoms with E-state index in [1.54, 1.807) is 4.90 Å². The van der Waals surface area contributed by atoms with E-state index in [4.69, 9.17) is 4.74 Å². The van der Waals surface area contributed by atoms with Gasteiger partial charge in [0.2, 0.25) is 5.91 Å². The first kappa shape index (κ1) is 18.6. The van der Waals surface area contributed by atoms with Crippen molar-refractivity contribution in [3.8, 4) is 0 Å². The molecule has 1 aliphatic heterocycles. The van der Waals surface area contributed by atoms with E-state index in [0.717, 1.165) is 16.8 Å². The lowest BCUT2D eigenvalue weighted by Gasteiger charge is -2.18. The third-order valence-electron chi connectivity index (χ3n) is 4.54. The van der Waals surface area contributed by atoms with Gasteiger partial charge in [0.25, 0.3) is 5.91 Å². The van der Waals surface area contributed by atoms with Crippen LogP contribution in [0.1, 0.15) is 17.5 Å². The summed E-state index contributed by atoms with van der Waals surface area (Å²) in [5.41, 5.74) is 2.74. The maximum Gasteiger partial charge on any atom is 0.311 e. The molecule has 0 aromatic heterocycles. The summed E-state index contributed by atoms with van der Waals surface area (Å²) in [6.45, 7) is 2.22. The summed E-state index contributed by atoms with van der Waals surface area (Å²) in [5, 5.41) is 2.70. The summed E-state index contributed by atoms with van der Waals surface area (Å²) in [4.78, 5) is 38.0. The van der Waals surface area contributed by atoms with Gasteiger partial charge in [0, 0.05) is 25.2 Å². The van der Waals surface area contributed by atoms with Crippen molar-refractivity contribution in [2.75, 3.05) is 18.1 Å². The number of para-hydroxylation sites is 1. The van der Waals surface area contributed by atoms with Crippen LogP contribution in [0.2, 0.25) is 0 Å². The fourth-order valence-electron chi connectivity index (χ4n) is 3.07. The van der Waals surface area contributed by atoms with Crippen LogP contribution in [0, 0.1) is 12.8 Å². The third kappa shape index (κ3) is 4.73. The van der Waals surface area contributed by atoms with Gasteiger partial charge in [-0.15, -0.1) is 0 Å². The molecule has 0 unspecified atom stereocenters. The zero-order valence-electron chi connectivity index (χ0n) is 15.2. The van der Waals surface area contributed by atoms with E-state index in [1.165, 1.54) is 0 Å². The number of rotatable bonds is 6. The van der Waals surface area contributed by atoms with Gasteiger partial charge in [0.1, 0.15) is 0 Å². The molecule has 2 amide bonds. The van der Waals surface area contributed by atoms with E-state index < -0.39 is 11.9 Å². The number of hydrogen-bond acceptors (Lipinski definition) is 4. The van der Waals surface area contributed by atoms with Crippen molar-refractivity contribution in [3.05, 3.63) is 65.7 Å². The molecule has 2 aromatic rings. The number of amides is 2. The molecule has 1 N–H and O–H groups in total. The Kier molecular flexibility index (Phi) is 5.86. The number of carbonyl (C=O) groups excluding carboxylic acids is 3. The van der Waals surface area contributed by atoms with Crippen molar-refractivity contribution < 1.29 is 19.1 Å². The average Bonchev–Trinajstić information content (AvgIpc) is 3.07. The molecule has 6 nitrogen and oxygen atoms in total. The summed E-state index contributed by atoms with van der Waals surface area (Å²) in [5.74, 6) is -1.56. The lowest BCUT2D eigenvalue weighted by atomic mass is 10.1. The third-order valence-corrected chi connectivity index (χ3v) is 4.54. The minimum Gasteiger partial charge on any atom is -0.455 e. The number of hydrogen-bond donors (Lipinski definition) is 1. The van der Waals surface area contributed by atoms with Crippen molar-refractivity contribution in [1.82, 2.24) is 5.32 Å². The van der Waals surface area contributed by atoms with Gasteiger partial charge in [-0.05, 0) is 24.1 Å². The number of benzene rings is 2. The van der Waals surface area contributed by atoms with E-state index in [9.17, 15) is 14.4 Å². The minimum atomic E-state index is -0.556. The summed E-state index contributed by atoms with van der Waals surface area (Å²) < 4.78 is 5.11. The van der Waals surface area contributed by atoms with E-state index in [2.05, 4.69) is 5.32 Å². The monoisotopic (exact) mass is 366 g/mol. The molecule has 1 heterocycles. The van der Waals surface area contributed by atoms with Crippen LogP contribution in [0.15, 0.2) is 54.6 Å². The van der Waals surface area contributed by atoms with Crippen LogP contribution in [0.5, 0.6) is 0 Å². The maximum atomic E-state index is 12.3. The minimum absolute atomic E-state index is 0.0960. The van der Waals surface area contributed by atoms with Gasteiger partial charge in [0.05, 0.1) is 5.92 Å². The Balaban J connectivity index is 1.48. The van der Waals surface area contributed by atoms with Crippen molar-refractivity contribution in [3.63, 3.8) is 0 Å². The summed E-state index contributed by atoms with van der Waals surface area (Å²) >= 11 is 0. The van der Waals surface area contributed by atoms with Crippen LogP contribution in [0.4, 0.5) is 5.69 Å². The fourth-order valence-corrected chi connectivity index (χ4v) is 3.07. The number of nitrogens with one attached hydrogen (secondary N) is 1. The first-order valence-electron chi connectivity index (χ1n) is 8.88. The molecule has 6 heteroatoms. The van der Waals surface area contributed by atoms with Gasteiger partial charge < -0.3 is 15.0 Å². The normalized spacial score (nSPS) is 16.3. The first-order chi connectivity index (χ1) is 13.0. The highest BCUT2D eigenvalue weighted by Crippen LogP contribution is 2.28. The smallest absolute Gasteiger partial charge is 0.311 e. The standard InChI is InChI=1S/C21H22N2O4/c1-15-7-5-6-10-18(15)23-13-17(11-20(23)25)21(26)27-14-19(24)22-12-16-8-3-2-4-9-16/h2-10,17H,11-14H2,1H3,(H,22,24)/t17-/m1/s1. The Labute approximate surface area is 158 Å². The molecule has 0 aliphatic carbocycles. The second-order valence-electron chi connectivity index (χ2n) is 6.56. The highest BCUT2D eigenvalue weighted by atomic mass is 16.5. The van der Waals surface area contributed by atoms with E-state index in [1.807, 2.05) is 61.5 Å².